The van der Waals surface area contributed by atoms with E-state index in [2.05, 4.69) is 24.3 Å². The van der Waals surface area contributed by atoms with Gasteiger partial charge in [0.25, 0.3) is 0 Å². The predicted octanol–water partition coefficient (Wildman–Crippen LogP) is 3.38. The highest BCUT2D eigenvalue weighted by Gasteiger charge is 2.28. The smallest absolute Gasteiger partial charge is 0.235 e. The lowest BCUT2D eigenvalue weighted by atomic mass is 10.2. The number of amides is 1. The Morgan fingerprint density at radius 1 is 1.42 bits per heavy atom. The van der Waals surface area contributed by atoms with E-state index in [0.717, 1.165) is 25.3 Å². The lowest BCUT2D eigenvalue weighted by Crippen LogP contribution is -2.34. The zero-order valence-electron chi connectivity index (χ0n) is 11.5. The molecule has 0 radical (unpaired) electrons. The molecular formula is C15H21NOS2. The Kier molecular flexibility index (Phi) is 5.64. The van der Waals surface area contributed by atoms with Gasteiger partial charge in [-0.2, -0.15) is 11.8 Å². The number of hydrogen-bond donors (Lipinski definition) is 0. The number of benzene rings is 1. The maximum Gasteiger partial charge on any atom is 0.235 e. The summed E-state index contributed by atoms with van der Waals surface area (Å²) < 4.78 is 0. The van der Waals surface area contributed by atoms with E-state index in [9.17, 15) is 4.79 Å². The van der Waals surface area contributed by atoms with Crippen molar-refractivity contribution in [3.05, 3.63) is 30.3 Å². The molecule has 0 bridgehead atoms. The molecule has 1 saturated heterocycles. The third kappa shape index (κ3) is 4.18. The number of nitrogens with zero attached hydrogens (tertiary/aromatic N) is 1. The van der Waals surface area contributed by atoms with Gasteiger partial charge in [0, 0.05) is 23.7 Å². The van der Waals surface area contributed by atoms with Crippen molar-refractivity contribution >= 4 is 29.4 Å². The molecule has 1 aliphatic rings. The van der Waals surface area contributed by atoms with Crippen molar-refractivity contribution in [2.75, 3.05) is 25.1 Å². The maximum atomic E-state index is 12.1. The molecule has 0 N–H and O–H groups in total. The summed E-state index contributed by atoms with van der Waals surface area (Å²) in [6.45, 7) is 3.87. The molecule has 1 fully saturated rings. The summed E-state index contributed by atoms with van der Waals surface area (Å²) in [5, 5.41) is 0.0977. The number of likely N-dealkylation sites (tertiary alicyclic amines) is 1. The summed E-state index contributed by atoms with van der Waals surface area (Å²) in [6.07, 6.45) is 3.15. The Hall–Kier alpha value is -0.610. The first-order valence-electron chi connectivity index (χ1n) is 6.70. The van der Waals surface area contributed by atoms with Crippen LogP contribution in [-0.2, 0) is 4.79 Å². The molecule has 0 aliphatic carbocycles. The van der Waals surface area contributed by atoms with Gasteiger partial charge in [-0.25, -0.2) is 0 Å². The van der Waals surface area contributed by atoms with Gasteiger partial charge in [0.2, 0.25) is 5.91 Å². The van der Waals surface area contributed by atoms with Crippen LogP contribution in [0.2, 0.25) is 0 Å². The van der Waals surface area contributed by atoms with Crippen LogP contribution in [0.1, 0.15) is 13.3 Å². The average molecular weight is 295 g/mol. The van der Waals surface area contributed by atoms with E-state index < -0.39 is 0 Å². The van der Waals surface area contributed by atoms with Crippen molar-refractivity contribution in [1.82, 2.24) is 4.90 Å². The van der Waals surface area contributed by atoms with Crippen molar-refractivity contribution in [2.24, 2.45) is 5.92 Å². The Balaban J connectivity index is 1.78. The van der Waals surface area contributed by atoms with E-state index >= 15 is 0 Å². The highest BCUT2D eigenvalue weighted by atomic mass is 32.2. The molecule has 104 valence electrons. The topological polar surface area (TPSA) is 20.3 Å². The van der Waals surface area contributed by atoms with Crippen LogP contribution in [-0.4, -0.2) is 41.2 Å². The Morgan fingerprint density at radius 3 is 2.84 bits per heavy atom. The molecule has 0 saturated carbocycles. The van der Waals surface area contributed by atoms with Crippen LogP contribution >= 0.6 is 23.5 Å². The fourth-order valence-electron chi connectivity index (χ4n) is 2.26. The van der Waals surface area contributed by atoms with Crippen molar-refractivity contribution < 1.29 is 4.79 Å². The lowest BCUT2D eigenvalue weighted by Gasteiger charge is -2.19. The molecule has 0 spiro atoms. The third-order valence-corrected chi connectivity index (χ3v) is 5.68. The van der Waals surface area contributed by atoms with Gasteiger partial charge in [0.15, 0.2) is 0 Å². The molecule has 1 heterocycles. The second-order valence-electron chi connectivity index (χ2n) is 4.94. The zero-order valence-corrected chi connectivity index (χ0v) is 13.2. The van der Waals surface area contributed by atoms with Gasteiger partial charge in [-0.3, -0.25) is 4.79 Å². The number of rotatable bonds is 5. The van der Waals surface area contributed by atoms with Gasteiger partial charge < -0.3 is 4.90 Å². The first-order valence-corrected chi connectivity index (χ1v) is 8.97. The molecule has 2 nitrogen and oxygen atoms in total. The summed E-state index contributed by atoms with van der Waals surface area (Å²) in [5.41, 5.74) is 0. The average Bonchev–Trinajstić information content (AvgIpc) is 2.93. The highest BCUT2D eigenvalue weighted by molar-refractivity contribution is 8.00. The van der Waals surface area contributed by atoms with Crippen molar-refractivity contribution in [1.29, 1.82) is 0 Å². The molecule has 1 aliphatic heterocycles. The number of carbonyl (C=O) groups excluding carboxylic acids is 1. The molecule has 2 rings (SSSR count). The van der Waals surface area contributed by atoms with Gasteiger partial charge in [-0.05, 0) is 37.7 Å². The standard InChI is InChI=1S/C15H21NOS2/c1-12(18-2)15(17)16-9-8-13(10-16)11-19-14-6-4-3-5-7-14/h3-7,12-13H,8-11H2,1-2H3. The van der Waals surface area contributed by atoms with E-state index in [1.165, 1.54) is 4.90 Å². The second-order valence-corrected chi connectivity index (χ2v) is 7.21. The summed E-state index contributed by atoms with van der Waals surface area (Å²) in [7, 11) is 0. The normalized spacial score (nSPS) is 20.5. The van der Waals surface area contributed by atoms with Gasteiger partial charge in [-0.15, -0.1) is 11.8 Å². The number of thioether (sulfide) groups is 2. The second kappa shape index (κ2) is 7.25. The largest absolute Gasteiger partial charge is 0.341 e. The molecule has 0 aromatic heterocycles. The Bertz CT molecular complexity index is 410. The van der Waals surface area contributed by atoms with Crippen LogP contribution < -0.4 is 0 Å². The predicted molar refractivity (Wildman–Crippen MR) is 84.8 cm³/mol. The maximum absolute atomic E-state index is 12.1. The highest BCUT2D eigenvalue weighted by Crippen LogP contribution is 2.26. The summed E-state index contributed by atoms with van der Waals surface area (Å²) in [4.78, 5) is 15.5. The van der Waals surface area contributed by atoms with Gasteiger partial charge in [0.1, 0.15) is 0 Å². The first kappa shape index (κ1) is 14.8. The van der Waals surface area contributed by atoms with Gasteiger partial charge in [0.05, 0.1) is 5.25 Å². The number of carbonyl (C=O) groups is 1. The summed E-state index contributed by atoms with van der Waals surface area (Å²) >= 11 is 3.54. The number of hydrogen-bond acceptors (Lipinski definition) is 3. The van der Waals surface area contributed by atoms with E-state index in [4.69, 9.17) is 0 Å². The minimum absolute atomic E-state index is 0.0977. The molecule has 2 atom stereocenters. The molecule has 19 heavy (non-hydrogen) atoms. The van der Waals surface area contributed by atoms with Crippen LogP contribution in [0.4, 0.5) is 0 Å². The SMILES string of the molecule is CSC(C)C(=O)N1CCC(CSc2ccccc2)C1. The van der Waals surface area contributed by atoms with Crippen LogP contribution in [0, 0.1) is 5.92 Å². The van der Waals surface area contributed by atoms with Crippen LogP contribution in [0.25, 0.3) is 0 Å². The monoisotopic (exact) mass is 295 g/mol. The summed E-state index contributed by atoms with van der Waals surface area (Å²) in [6, 6.07) is 10.5. The Morgan fingerprint density at radius 2 is 2.16 bits per heavy atom. The minimum atomic E-state index is 0.0977. The van der Waals surface area contributed by atoms with Crippen molar-refractivity contribution in [2.45, 2.75) is 23.5 Å². The first-order chi connectivity index (χ1) is 9.20. The Labute approximate surface area is 124 Å². The van der Waals surface area contributed by atoms with Gasteiger partial charge >= 0.3 is 0 Å². The van der Waals surface area contributed by atoms with Crippen molar-refractivity contribution in [3.8, 4) is 0 Å². The third-order valence-electron chi connectivity index (χ3n) is 3.53. The fraction of sp³-hybridized carbons (Fsp3) is 0.533. The quantitative estimate of drug-likeness (QED) is 0.777. The summed E-state index contributed by atoms with van der Waals surface area (Å²) in [5.74, 6) is 2.06. The molecule has 1 amide bonds. The fourth-order valence-corrected chi connectivity index (χ4v) is 3.66. The molecular weight excluding hydrogens is 274 g/mol. The zero-order chi connectivity index (χ0) is 13.7. The van der Waals surface area contributed by atoms with E-state index in [-0.39, 0.29) is 5.25 Å². The van der Waals surface area contributed by atoms with Crippen molar-refractivity contribution in [3.63, 3.8) is 0 Å². The van der Waals surface area contributed by atoms with Crippen LogP contribution in [0.5, 0.6) is 0 Å². The van der Waals surface area contributed by atoms with E-state index in [1.807, 2.05) is 35.9 Å². The van der Waals surface area contributed by atoms with E-state index in [1.54, 1.807) is 11.8 Å². The van der Waals surface area contributed by atoms with Gasteiger partial charge in [-0.1, -0.05) is 18.2 Å². The van der Waals surface area contributed by atoms with Crippen LogP contribution in [0.15, 0.2) is 35.2 Å². The molecule has 4 heteroatoms. The minimum Gasteiger partial charge on any atom is -0.341 e. The van der Waals surface area contributed by atoms with E-state index in [0.29, 0.717) is 11.8 Å². The molecule has 1 aromatic carbocycles. The van der Waals surface area contributed by atoms with Crippen LogP contribution in [0.3, 0.4) is 0 Å². The molecule has 2 unspecified atom stereocenters. The molecule has 1 aromatic rings. The lowest BCUT2D eigenvalue weighted by molar-refractivity contribution is -0.129.